The standard InChI is InChI=1S/C16H19N3O4/c1-22-14-8-4-3-6-11(14)13(20)10-18-16(21)19-12-7-5-9-17-15(12)23-2/h3-9,13,20H,10H2,1-2H3,(H2,18,19,21)/t13-/m1/s1. The Bertz CT molecular complexity index is 663. The summed E-state index contributed by atoms with van der Waals surface area (Å²) in [4.78, 5) is 15.9. The van der Waals surface area contributed by atoms with E-state index in [1.165, 1.54) is 14.2 Å². The van der Waals surface area contributed by atoms with Crippen LogP contribution < -0.4 is 20.1 Å². The third kappa shape index (κ3) is 4.33. The number of nitrogens with one attached hydrogen (secondary N) is 2. The van der Waals surface area contributed by atoms with Crippen LogP contribution in [-0.4, -0.2) is 36.9 Å². The van der Waals surface area contributed by atoms with Gasteiger partial charge in [-0.3, -0.25) is 0 Å². The SMILES string of the molecule is COc1ccccc1[C@H](O)CNC(=O)Nc1cccnc1OC. The highest BCUT2D eigenvalue weighted by Crippen LogP contribution is 2.24. The molecule has 7 heteroatoms. The first-order chi connectivity index (χ1) is 11.2. The van der Waals surface area contributed by atoms with Crippen molar-refractivity contribution in [1.29, 1.82) is 0 Å². The van der Waals surface area contributed by atoms with E-state index in [2.05, 4.69) is 15.6 Å². The van der Waals surface area contributed by atoms with Crippen molar-refractivity contribution < 1.29 is 19.4 Å². The molecule has 0 bridgehead atoms. The number of para-hydroxylation sites is 1. The molecule has 0 saturated carbocycles. The summed E-state index contributed by atoms with van der Waals surface area (Å²) in [6, 6.07) is 9.98. The van der Waals surface area contributed by atoms with Gasteiger partial charge in [0.25, 0.3) is 0 Å². The van der Waals surface area contributed by atoms with Crippen LogP contribution in [-0.2, 0) is 0 Å². The maximum absolute atomic E-state index is 11.9. The highest BCUT2D eigenvalue weighted by Gasteiger charge is 2.14. The fraction of sp³-hybridized carbons (Fsp3) is 0.250. The van der Waals surface area contributed by atoms with E-state index in [9.17, 15) is 9.90 Å². The third-order valence-corrected chi connectivity index (χ3v) is 3.17. The van der Waals surface area contributed by atoms with Gasteiger partial charge in [0, 0.05) is 18.3 Å². The lowest BCUT2D eigenvalue weighted by atomic mass is 10.1. The molecule has 0 radical (unpaired) electrons. The number of amides is 2. The van der Waals surface area contributed by atoms with Gasteiger partial charge < -0.3 is 25.2 Å². The summed E-state index contributed by atoms with van der Waals surface area (Å²) in [6.07, 6.45) is 0.681. The number of benzene rings is 1. The van der Waals surface area contributed by atoms with E-state index in [1.54, 1.807) is 36.5 Å². The zero-order chi connectivity index (χ0) is 16.7. The summed E-state index contributed by atoms with van der Waals surface area (Å²) < 4.78 is 10.2. The number of hydrogen-bond donors (Lipinski definition) is 3. The lowest BCUT2D eigenvalue weighted by Crippen LogP contribution is -2.32. The number of nitrogens with zero attached hydrogens (tertiary/aromatic N) is 1. The van der Waals surface area contributed by atoms with Crippen LogP contribution in [0.1, 0.15) is 11.7 Å². The van der Waals surface area contributed by atoms with E-state index in [4.69, 9.17) is 9.47 Å². The second kappa shape index (κ2) is 8.00. The number of carbonyl (C=O) groups excluding carboxylic acids is 1. The van der Waals surface area contributed by atoms with Crippen molar-refractivity contribution in [2.24, 2.45) is 0 Å². The molecule has 1 heterocycles. The average Bonchev–Trinajstić information content (AvgIpc) is 2.60. The Morgan fingerprint density at radius 1 is 1.22 bits per heavy atom. The van der Waals surface area contributed by atoms with Gasteiger partial charge in [-0.05, 0) is 18.2 Å². The van der Waals surface area contributed by atoms with Crippen molar-refractivity contribution in [1.82, 2.24) is 10.3 Å². The molecule has 1 aromatic carbocycles. The summed E-state index contributed by atoms with van der Waals surface area (Å²) >= 11 is 0. The molecule has 0 aliphatic rings. The van der Waals surface area contributed by atoms with E-state index in [0.29, 0.717) is 22.9 Å². The number of carbonyl (C=O) groups is 1. The van der Waals surface area contributed by atoms with Crippen LogP contribution >= 0.6 is 0 Å². The van der Waals surface area contributed by atoms with Gasteiger partial charge in [-0.2, -0.15) is 0 Å². The number of ether oxygens (including phenoxy) is 2. The molecule has 0 saturated heterocycles. The molecule has 23 heavy (non-hydrogen) atoms. The van der Waals surface area contributed by atoms with E-state index in [0.717, 1.165) is 0 Å². The van der Waals surface area contributed by atoms with Gasteiger partial charge in [0.1, 0.15) is 11.4 Å². The molecule has 1 aromatic heterocycles. The lowest BCUT2D eigenvalue weighted by Gasteiger charge is -2.16. The number of rotatable bonds is 6. The van der Waals surface area contributed by atoms with Crippen molar-refractivity contribution in [3.63, 3.8) is 0 Å². The minimum atomic E-state index is -0.882. The third-order valence-electron chi connectivity index (χ3n) is 3.17. The summed E-state index contributed by atoms with van der Waals surface area (Å²) in [5.41, 5.74) is 1.05. The van der Waals surface area contributed by atoms with Gasteiger partial charge in [0.05, 0.1) is 20.3 Å². The minimum absolute atomic E-state index is 0.0365. The lowest BCUT2D eigenvalue weighted by molar-refractivity contribution is 0.171. The van der Waals surface area contributed by atoms with Crippen LogP contribution in [0.25, 0.3) is 0 Å². The maximum Gasteiger partial charge on any atom is 0.319 e. The zero-order valence-electron chi connectivity index (χ0n) is 12.9. The summed E-state index contributed by atoms with van der Waals surface area (Å²) in [6.45, 7) is 0.0365. The number of hydrogen-bond acceptors (Lipinski definition) is 5. The van der Waals surface area contributed by atoms with Gasteiger partial charge in [-0.1, -0.05) is 18.2 Å². The van der Waals surface area contributed by atoms with Crippen LogP contribution in [0.2, 0.25) is 0 Å². The highest BCUT2D eigenvalue weighted by molar-refractivity contribution is 5.90. The van der Waals surface area contributed by atoms with E-state index >= 15 is 0 Å². The van der Waals surface area contributed by atoms with Crippen LogP contribution in [0.5, 0.6) is 11.6 Å². The van der Waals surface area contributed by atoms with Gasteiger partial charge in [0.2, 0.25) is 5.88 Å². The van der Waals surface area contributed by atoms with Crippen molar-refractivity contribution in [2.45, 2.75) is 6.10 Å². The molecule has 2 rings (SSSR count). The second-order valence-corrected chi connectivity index (χ2v) is 4.65. The summed E-state index contributed by atoms with van der Waals surface area (Å²) in [7, 11) is 3.00. The number of aromatic nitrogens is 1. The molecule has 2 amide bonds. The van der Waals surface area contributed by atoms with Gasteiger partial charge in [-0.15, -0.1) is 0 Å². The number of methoxy groups -OCH3 is 2. The Kier molecular flexibility index (Phi) is 5.76. The van der Waals surface area contributed by atoms with Gasteiger partial charge >= 0.3 is 6.03 Å². The summed E-state index contributed by atoms with van der Waals surface area (Å²) in [5.74, 6) is 0.879. The molecular weight excluding hydrogens is 298 g/mol. The zero-order valence-corrected chi connectivity index (χ0v) is 12.9. The van der Waals surface area contributed by atoms with Gasteiger partial charge in [-0.25, -0.2) is 9.78 Å². The molecule has 1 atom stereocenters. The molecule has 0 aliphatic heterocycles. The fourth-order valence-electron chi connectivity index (χ4n) is 2.06. The predicted octanol–water partition coefficient (Wildman–Crippen LogP) is 1.95. The summed E-state index contributed by atoms with van der Waals surface area (Å²) in [5, 5.41) is 15.4. The van der Waals surface area contributed by atoms with E-state index in [1.807, 2.05) is 6.07 Å². The number of aliphatic hydroxyl groups is 1. The average molecular weight is 317 g/mol. The molecule has 0 aliphatic carbocycles. The first-order valence-corrected chi connectivity index (χ1v) is 7.00. The first kappa shape index (κ1) is 16.6. The van der Waals surface area contributed by atoms with Crippen LogP contribution in [0, 0.1) is 0 Å². The molecule has 7 nitrogen and oxygen atoms in total. The Labute approximate surface area is 134 Å². The van der Waals surface area contributed by atoms with Crippen molar-refractivity contribution >= 4 is 11.7 Å². The van der Waals surface area contributed by atoms with Crippen molar-refractivity contribution in [2.75, 3.05) is 26.1 Å². The minimum Gasteiger partial charge on any atom is -0.496 e. The van der Waals surface area contributed by atoms with Crippen LogP contribution in [0.3, 0.4) is 0 Å². The number of urea groups is 1. The molecule has 0 spiro atoms. The van der Waals surface area contributed by atoms with Crippen molar-refractivity contribution in [3.8, 4) is 11.6 Å². The Balaban J connectivity index is 1.94. The van der Waals surface area contributed by atoms with Crippen molar-refractivity contribution in [3.05, 3.63) is 48.2 Å². The predicted molar refractivity (Wildman–Crippen MR) is 85.8 cm³/mol. The van der Waals surface area contributed by atoms with E-state index < -0.39 is 12.1 Å². The molecule has 122 valence electrons. The monoisotopic (exact) mass is 317 g/mol. The smallest absolute Gasteiger partial charge is 0.319 e. The fourth-order valence-corrected chi connectivity index (χ4v) is 2.06. The largest absolute Gasteiger partial charge is 0.496 e. The van der Waals surface area contributed by atoms with Gasteiger partial charge in [0.15, 0.2) is 0 Å². The Morgan fingerprint density at radius 3 is 2.74 bits per heavy atom. The Morgan fingerprint density at radius 2 is 2.00 bits per heavy atom. The molecular formula is C16H19N3O4. The normalized spacial score (nSPS) is 11.4. The van der Waals surface area contributed by atoms with E-state index in [-0.39, 0.29) is 6.54 Å². The first-order valence-electron chi connectivity index (χ1n) is 7.00. The quantitative estimate of drug-likeness (QED) is 0.757. The number of pyridine rings is 1. The molecule has 2 aromatic rings. The molecule has 0 fully saturated rings. The maximum atomic E-state index is 11.9. The van der Waals surface area contributed by atoms with Crippen LogP contribution in [0.15, 0.2) is 42.6 Å². The highest BCUT2D eigenvalue weighted by atomic mass is 16.5. The van der Waals surface area contributed by atoms with Crippen LogP contribution in [0.4, 0.5) is 10.5 Å². The topological polar surface area (TPSA) is 92.7 Å². The number of aliphatic hydroxyl groups excluding tert-OH is 1. The Hall–Kier alpha value is -2.80. The molecule has 0 unspecified atom stereocenters. The molecule has 3 N–H and O–H groups in total. The second-order valence-electron chi connectivity index (χ2n) is 4.65. The number of anilines is 1.